The van der Waals surface area contributed by atoms with Gasteiger partial charge < -0.3 is 20.7 Å². The standard InChI is InChI=1S/C23H37N5O2.HI/c1-4-24-22(26-17-23(2,3)28-11-13-30-14-12-28)25-16-18-7-5-10-20(15-18)27-21(29)19-8-6-9-19;/h5,7,10,15,19H,4,6,8-9,11-14,16-17H2,1-3H3,(H,27,29)(H2,24,25,26);1H. The van der Waals surface area contributed by atoms with Crippen molar-refractivity contribution in [1.82, 2.24) is 15.5 Å². The van der Waals surface area contributed by atoms with E-state index >= 15 is 0 Å². The number of hydrogen-bond donors (Lipinski definition) is 3. The molecule has 3 rings (SSSR count). The minimum Gasteiger partial charge on any atom is -0.379 e. The van der Waals surface area contributed by atoms with Crippen LogP contribution in [0.5, 0.6) is 0 Å². The van der Waals surface area contributed by atoms with Gasteiger partial charge in [0.1, 0.15) is 0 Å². The summed E-state index contributed by atoms with van der Waals surface area (Å²) in [6.07, 6.45) is 3.18. The van der Waals surface area contributed by atoms with Gasteiger partial charge in [0.25, 0.3) is 0 Å². The van der Waals surface area contributed by atoms with Crippen LogP contribution >= 0.6 is 24.0 Å². The van der Waals surface area contributed by atoms with Crippen molar-refractivity contribution in [1.29, 1.82) is 0 Å². The molecule has 0 unspecified atom stereocenters. The quantitative estimate of drug-likeness (QED) is 0.267. The Morgan fingerprint density at radius 3 is 2.61 bits per heavy atom. The number of aliphatic imine (C=N–C) groups is 1. The van der Waals surface area contributed by atoms with Crippen LogP contribution in [0.4, 0.5) is 5.69 Å². The highest BCUT2D eigenvalue weighted by Gasteiger charge is 2.28. The molecular weight excluding hydrogens is 505 g/mol. The third-order valence-corrected chi connectivity index (χ3v) is 5.99. The first-order valence-corrected chi connectivity index (χ1v) is 11.2. The average Bonchev–Trinajstić information content (AvgIpc) is 2.70. The molecular formula is C23H38IN5O2. The van der Waals surface area contributed by atoms with Crippen molar-refractivity contribution < 1.29 is 9.53 Å². The molecule has 174 valence electrons. The first-order valence-electron chi connectivity index (χ1n) is 11.2. The molecule has 0 aromatic heterocycles. The second kappa shape index (κ2) is 12.6. The predicted molar refractivity (Wildman–Crippen MR) is 137 cm³/mol. The average molecular weight is 543 g/mol. The summed E-state index contributed by atoms with van der Waals surface area (Å²) in [7, 11) is 0. The number of anilines is 1. The van der Waals surface area contributed by atoms with E-state index in [1.54, 1.807) is 0 Å². The summed E-state index contributed by atoms with van der Waals surface area (Å²) in [6, 6.07) is 7.98. The molecule has 1 aliphatic carbocycles. The Kier molecular flexibility index (Phi) is 10.5. The van der Waals surface area contributed by atoms with Crippen LogP contribution in [0, 0.1) is 5.92 Å². The second-order valence-corrected chi connectivity index (χ2v) is 8.78. The van der Waals surface area contributed by atoms with E-state index < -0.39 is 0 Å². The predicted octanol–water partition coefficient (Wildman–Crippen LogP) is 3.21. The van der Waals surface area contributed by atoms with Crippen molar-refractivity contribution in [3.05, 3.63) is 29.8 Å². The van der Waals surface area contributed by atoms with Gasteiger partial charge in [-0.05, 0) is 51.3 Å². The Balaban J connectivity index is 0.00000341. The zero-order valence-corrected chi connectivity index (χ0v) is 21.4. The maximum Gasteiger partial charge on any atom is 0.227 e. The molecule has 0 spiro atoms. The molecule has 1 aromatic carbocycles. The highest BCUT2D eigenvalue weighted by atomic mass is 127. The molecule has 1 saturated carbocycles. The van der Waals surface area contributed by atoms with Gasteiger partial charge >= 0.3 is 0 Å². The molecule has 1 saturated heterocycles. The summed E-state index contributed by atoms with van der Waals surface area (Å²) in [6.45, 7) is 12.3. The number of morpholine rings is 1. The zero-order valence-electron chi connectivity index (χ0n) is 19.1. The fraction of sp³-hybridized carbons (Fsp3) is 0.652. The van der Waals surface area contributed by atoms with E-state index in [-0.39, 0.29) is 41.3 Å². The van der Waals surface area contributed by atoms with Gasteiger partial charge in [-0.25, -0.2) is 4.99 Å². The number of ether oxygens (including phenoxy) is 1. The molecule has 2 fully saturated rings. The van der Waals surface area contributed by atoms with E-state index in [4.69, 9.17) is 9.73 Å². The molecule has 3 N–H and O–H groups in total. The third kappa shape index (κ3) is 7.91. The van der Waals surface area contributed by atoms with Crippen LogP contribution in [0.3, 0.4) is 0 Å². The number of nitrogens with one attached hydrogen (secondary N) is 3. The topological polar surface area (TPSA) is 78.0 Å². The highest BCUT2D eigenvalue weighted by molar-refractivity contribution is 14.0. The first kappa shape index (κ1) is 25.9. The number of carbonyl (C=O) groups excluding carboxylic acids is 1. The Labute approximate surface area is 203 Å². The van der Waals surface area contributed by atoms with Crippen LogP contribution in [0.1, 0.15) is 45.6 Å². The summed E-state index contributed by atoms with van der Waals surface area (Å²) >= 11 is 0. The summed E-state index contributed by atoms with van der Waals surface area (Å²) in [5.74, 6) is 1.14. The Morgan fingerprint density at radius 2 is 1.97 bits per heavy atom. The van der Waals surface area contributed by atoms with Gasteiger partial charge in [-0.15, -0.1) is 24.0 Å². The number of nitrogens with zero attached hydrogens (tertiary/aromatic N) is 2. The van der Waals surface area contributed by atoms with Crippen LogP contribution in [0.2, 0.25) is 0 Å². The van der Waals surface area contributed by atoms with Crippen molar-refractivity contribution in [3.63, 3.8) is 0 Å². The number of benzene rings is 1. The number of guanidine groups is 1. The molecule has 0 radical (unpaired) electrons. The van der Waals surface area contributed by atoms with Crippen LogP contribution in [0.15, 0.2) is 29.3 Å². The fourth-order valence-corrected chi connectivity index (χ4v) is 3.75. The molecule has 8 heteroatoms. The largest absolute Gasteiger partial charge is 0.379 e. The maximum atomic E-state index is 12.2. The second-order valence-electron chi connectivity index (χ2n) is 8.78. The van der Waals surface area contributed by atoms with Gasteiger partial charge in [-0.3, -0.25) is 9.69 Å². The SMILES string of the molecule is CCNC(=NCc1cccc(NC(=O)C2CCC2)c1)NCC(C)(C)N1CCOCC1.I. The lowest BCUT2D eigenvalue weighted by molar-refractivity contribution is -0.122. The molecule has 0 bridgehead atoms. The van der Waals surface area contributed by atoms with Crippen molar-refractivity contribution in [2.45, 2.75) is 52.1 Å². The van der Waals surface area contributed by atoms with E-state index in [0.29, 0.717) is 6.54 Å². The van der Waals surface area contributed by atoms with E-state index in [0.717, 1.165) is 75.9 Å². The molecule has 7 nitrogen and oxygen atoms in total. The van der Waals surface area contributed by atoms with Gasteiger partial charge in [0.05, 0.1) is 19.8 Å². The van der Waals surface area contributed by atoms with Crippen molar-refractivity contribution in [3.8, 4) is 0 Å². The van der Waals surface area contributed by atoms with Crippen LogP contribution in [0.25, 0.3) is 0 Å². The monoisotopic (exact) mass is 543 g/mol. The van der Waals surface area contributed by atoms with Gasteiger partial charge in [0.15, 0.2) is 5.96 Å². The van der Waals surface area contributed by atoms with E-state index in [9.17, 15) is 4.79 Å². The van der Waals surface area contributed by atoms with Crippen LogP contribution in [-0.2, 0) is 16.1 Å². The lowest BCUT2D eigenvalue weighted by Crippen LogP contribution is -2.56. The number of halogens is 1. The van der Waals surface area contributed by atoms with Crippen LogP contribution in [-0.4, -0.2) is 61.7 Å². The molecule has 1 aliphatic heterocycles. The minimum absolute atomic E-state index is 0. The molecule has 2 aliphatic rings. The van der Waals surface area contributed by atoms with E-state index in [1.165, 1.54) is 0 Å². The lowest BCUT2D eigenvalue weighted by atomic mass is 9.85. The number of carbonyl (C=O) groups is 1. The summed E-state index contributed by atoms with van der Waals surface area (Å²) in [4.78, 5) is 19.4. The molecule has 0 atom stereocenters. The fourth-order valence-electron chi connectivity index (χ4n) is 3.75. The third-order valence-electron chi connectivity index (χ3n) is 5.99. The minimum atomic E-state index is 0. The van der Waals surface area contributed by atoms with Gasteiger partial charge in [0.2, 0.25) is 5.91 Å². The number of amides is 1. The maximum absolute atomic E-state index is 12.2. The summed E-state index contributed by atoms with van der Waals surface area (Å²) in [5.41, 5.74) is 1.95. The number of rotatable bonds is 8. The number of hydrogen-bond acceptors (Lipinski definition) is 4. The van der Waals surface area contributed by atoms with Crippen LogP contribution < -0.4 is 16.0 Å². The smallest absolute Gasteiger partial charge is 0.227 e. The van der Waals surface area contributed by atoms with Crippen molar-refractivity contribution in [2.75, 3.05) is 44.7 Å². The van der Waals surface area contributed by atoms with Crippen molar-refractivity contribution >= 4 is 41.5 Å². The Morgan fingerprint density at radius 1 is 1.23 bits per heavy atom. The molecule has 1 heterocycles. The van der Waals surface area contributed by atoms with Crippen molar-refractivity contribution in [2.24, 2.45) is 10.9 Å². The van der Waals surface area contributed by atoms with E-state index in [2.05, 4.69) is 41.6 Å². The lowest BCUT2D eigenvalue weighted by Gasteiger charge is -2.41. The molecule has 1 aromatic rings. The Hall–Kier alpha value is -1.39. The molecule has 1 amide bonds. The summed E-state index contributed by atoms with van der Waals surface area (Å²) in [5, 5.41) is 9.87. The van der Waals surface area contributed by atoms with Gasteiger partial charge in [-0.2, -0.15) is 0 Å². The Bertz CT molecular complexity index is 730. The normalized spacial score (nSPS) is 18.0. The molecule has 31 heavy (non-hydrogen) atoms. The highest BCUT2D eigenvalue weighted by Crippen LogP contribution is 2.27. The summed E-state index contributed by atoms with van der Waals surface area (Å²) < 4.78 is 5.48. The van der Waals surface area contributed by atoms with Gasteiger partial charge in [0, 0.05) is 43.3 Å². The zero-order chi connectivity index (χ0) is 21.4. The van der Waals surface area contributed by atoms with E-state index in [1.807, 2.05) is 24.3 Å². The van der Waals surface area contributed by atoms with Gasteiger partial charge in [-0.1, -0.05) is 18.6 Å². The first-order chi connectivity index (χ1) is 14.5.